The smallest absolute Gasteiger partial charge is 0.279 e. The Morgan fingerprint density at radius 3 is 2.91 bits per heavy atom. The van der Waals surface area contributed by atoms with Crippen molar-refractivity contribution in [1.29, 1.82) is 0 Å². The van der Waals surface area contributed by atoms with E-state index in [2.05, 4.69) is 30.2 Å². The van der Waals surface area contributed by atoms with Crippen LogP contribution in [0.3, 0.4) is 0 Å². The van der Waals surface area contributed by atoms with Gasteiger partial charge in [-0.15, -0.1) is 0 Å². The molecule has 5 heteroatoms. The zero-order valence-electron chi connectivity index (χ0n) is 13.6. The summed E-state index contributed by atoms with van der Waals surface area (Å²) in [6.07, 6.45) is 2.96. The molecule has 120 valence electrons. The van der Waals surface area contributed by atoms with E-state index in [1.165, 1.54) is 11.1 Å². The Morgan fingerprint density at radius 1 is 1.22 bits per heavy atom. The van der Waals surface area contributed by atoms with E-state index in [0.29, 0.717) is 12.3 Å². The Morgan fingerprint density at radius 2 is 2.09 bits per heavy atom. The predicted molar refractivity (Wildman–Crippen MR) is 88.3 cm³/mol. The van der Waals surface area contributed by atoms with Gasteiger partial charge in [0, 0.05) is 30.8 Å². The normalized spacial score (nSPS) is 16.5. The highest BCUT2D eigenvalue weighted by Gasteiger charge is 2.29. The molecule has 23 heavy (non-hydrogen) atoms. The van der Waals surface area contributed by atoms with Gasteiger partial charge < -0.3 is 9.64 Å². The van der Waals surface area contributed by atoms with Crippen LogP contribution < -0.4 is 9.64 Å². The quantitative estimate of drug-likeness (QED) is 0.813. The third kappa shape index (κ3) is 2.31. The number of rotatable bonds is 1. The molecule has 1 amide bonds. The van der Waals surface area contributed by atoms with E-state index in [-0.39, 0.29) is 5.91 Å². The van der Waals surface area contributed by atoms with Crippen molar-refractivity contribution in [3.63, 3.8) is 0 Å². The maximum absolute atomic E-state index is 13.1. The number of aryl methyl sites for hydroxylation is 3. The minimum absolute atomic E-state index is 0.0159. The molecule has 3 heterocycles. The lowest BCUT2D eigenvalue weighted by molar-refractivity contribution is 0.0979. The molecule has 5 nitrogen and oxygen atoms in total. The number of hydrogen-bond acceptors (Lipinski definition) is 3. The fourth-order valence-electron chi connectivity index (χ4n) is 3.52. The number of amides is 1. The Kier molecular flexibility index (Phi) is 3.36. The Labute approximate surface area is 135 Å². The number of hydrogen-bond donors (Lipinski definition) is 0. The predicted octanol–water partition coefficient (Wildman–Crippen LogP) is 2.88. The summed E-state index contributed by atoms with van der Waals surface area (Å²) in [6.45, 7) is 6.28. The zero-order chi connectivity index (χ0) is 16.0. The van der Waals surface area contributed by atoms with Crippen LogP contribution >= 0.6 is 0 Å². The highest BCUT2D eigenvalue weighted by atomic mass is 16.5. The lowest BCUT2D eigenvalue weighted by atomic mass is 9.99. The van der Waals surface area contributed by atoms with Crippen molar-refractivity contribution in [3.8, 4) is 5.88 Å². The van der Waals surface area contributed by atoms with Gasteiger partial charge in [-0.3, -0.25) is 4.79 Å². The minimum atomic E-state index is -0.0159. The first-order valence-electron chi connectivity index (χ1n) is 8.27. The molecule has 2 aliphatic rings. The van der Waals surface area contributed by atoms with E-state index < -0.39 is 0 Å². The molecule has 0 N–H and O–H groups in total. The van der Waals surface area contributed by atoms with E-state index in [0.717, 1.165) is 49.5 Å². The van der Waals surface area contributed by atoms with Crippen LogP contribution in [0, 0.1) is 13.8 Å². The Bertz CT molecular complexity index is 779. The molecular weight excluding hydrogens is 290 g/mol. The van der Waals surface area contributed by atoms with Crippen molar-refractivity contribution in [3.05, 3.63) is 40.6 Å². The molecular formula is C18H21N3O2. The van der Waals surface area contributed by atoms with Crippen molar-refractivity contribution in [1.82, 2.24) is 9.78 Å². The monoisotopic (exact) mass is 311 g/mol. The van der Waals surface area contributed by atoms with Crippen LogP contribution in [0.15, 0.2) is 18.2 Å². The van der Waals surface area contributed by atoms with E-state index >= 15 is 0 Å². The summed E-state index contributed by atoms with van der Waals surface area (Å²) in [5.41, 5.74) is 4.89. The average Bonchev–Trinajstić information content (AvgIpc) is 2.91. The molecule has 0 radical (unpaired) electrons. The van der Waals surface area contributed by atoms with E-state index in [4.69, 9.17) is 4.74 Å². The first kappa shape index (κ1) is 14.3. The Hall–Kier alpha value is -2.30. The van der Waals surface area contributed by atoms with Gasteiger partial charge >= 0.3 is 0 Å². The number of carbonyl (C=O) groups excluding carboxylic acids is 1. The Balaban J connectivity index is 1.72. The molecule has 0 atom stereocenters. The summed E-state index contributed by atoms with van der Waals surface area (Å²) in [5.74, 6) is 0.735. The second-order valence-electron chi connectivity index (χ2n) is 6.40. The molecule has 2 aliphatic heterocycles. The van der Waals surface area contributed by atoms with Crippen molar-refractivity contribution in [2.75, 3.05) is 18.1 Å². The molecule has 4 rings (SSSR count). The maximum atomic E-state index is 13.1. The van der Waals surface area contributed by atoms with Crippen LogP contribution in [0.2, 0.25) is 0 Å². The van der Waals surface area contributed by atoms with Crippen molar-refractivity contribution >= 4 is 11.6 Å². The number of benzene rings is 1. The van der Waals surface area contributed by atoms with Gasteiger partial charge in [0.25, 0.3) is 5.91 Å². The van der Waals surface area contributed by atoms with Gasteiger partial charge in [0.1, 0.15) is 0 Å². The van der Waals surface area contributed by atoms with Gasteiger partial charge in [-0.25, -0.2) is 4.68 Å². The van der Waals surface area contributed by atoms with Crippen LogP contribution in [0.5, 0.6) is 5.88 Å². The molecule has 0 bridgehead atoms. The molecule has 0 saturated carbocycles. The third-order valence-electron chi connectivity index (χ3n) is 4.69. The third-order valence-corrected chi connectivity index (χ3v) is 4.69. The highest BCUT2D eigenvalue weighted by Crippen LogP contribution is 2.31. The summed E-state index contributed by atoms with van der Waals surface area (Å²) >= 11 is 0. The number of fused-ring (bicyclic) bond motifs is 2. The van der Waals surface area contributed by atoms with Gasteiger partial charge in [-0.2, -0.15) is 5.10 Å². The van der Waals surface area contributed by atoms with Gasteiger partial charge in [0.2, 0.25) is 5.88 Å². The van der Waals surface area contributed by atoms with Gasteiger partial charge in [0.05, 0.1) is 6.61 Å². The van der Waals surface area contributed by atoms with Gasteiger partial charge in [0.15, 0.2) is 5.69 Å². The van der Waals surface area contributed by atoms with Crippen LogP contribution in [0.25, 0.3) is 0 Å². The summed E-state index contributed by atoms with van der Waals surface area (Å²) in [5, 5.41) is 4.52. The topological polar surface area (TPSA) is 47.4 Å². The van der Waals surface area contributed by atoms with E-state index in [9.17, 15) is 4.79 Å². The fraction of sp³-hybridized carbons (Fsp3) is 0.444. The second-order valence-corrected chi connectivity index (χ2v) is 6.40. The molecule has 1 aromatic carbocycles. The van der Waals surface area contributed by atoms with E-state index in [1.807, 2.05) is 16.5 Å². The van der Waals surface area contributed by atoms with Gasteiger partial charge in [-0.05, 0) is 38.3 Å². The lowest BCUT2D eigenvalue weighted by Crippen LogP contribution is -2.36. The zero-order valence-corrected chi connectivity index (χ0v) is 13.6. The van der Waals surface area contributed by atoms with Crippen molar-refractivity contribution < 1.29 is 9.53 Å². The number of anilines is 1. The molecule has 0 fully saturated rings. The fourth-order valence-corrected chi connectivity index (χ4v) is 3.52. The summed E-state index contributed by atoms with van der Waals surface area (Å²) in [6, 6.07) is 6.31. The maximum Gasteiger partial charge on any atom is 0.279 e. The minimum Gasteiger partial charge on any atom is -0.478 e. The number of carbonyl (C=O) groups is 1. The molecule has 0 aliphatic carbocycles. The number of aromatic nitrogens is 2. The molecule has 1 aromatic heterocycles. The first-order valence-corrected chi connectivity index (χ1v) is 8.27. The average molecular weight is 311 g/mol. The standard InChI is InChI=1S/C18H21N3O2/c1-12-6-7-15-14(11-12)5-3-8-20(15)17(22)16-13(2)18-21(19-16)9-4-10-23-18/h6-7,11H,3-5,8-10H2,1-2H3. The molecule has 0 saturated heterocycles. The SMILES string of the molecule is Cc1ccc2c(c1)CCCN2C(=O)c1nn2c(c1C)OCCC2. The second kappa shape index (κ2) is 5.41. The van der Waals surface area contributed by atoms with Crippen molar-refractivity contribution in [2.45, 2.75) is 39.7 Å². The van der Waals surface area contributed by atoms with E-state index in [1.54, 1.807) is 0 Å². The van der Waals surface area contributed by atoms with Crippen LogP contribution in [-0.2, 0) is 13.0 Å². The summed E-state index contributed by atoms with van der Waals surface area (Å²) in [4.78, 5) is 15.0. The molecule has 0 spiro atoms. The number of nitrogens with zero attached hydrogens (tertiary/aromatic N) is 3. The summed E-state index contributed by atoms with van der Waals surface area (Å²) in [7, 11) is 0. The number of ether oxygens (including phenoxy) is 1. The van der Waals surface area contributed by atoms with Gasteiger partial charge in [-0.1, -0.05) is 17.7 Å². The van der Waals surface area contributed by atoms with Crippen LogP contribution in [0.1, 0.15) is 40.0 Å². The lowest BCUT2D eigenvalue weighted by Gasteiger charge is -2.29. The molecule has 0 unspecified atom stereocenters. The highest BCUT2D eigenvalue weighted by molar-refractivity contribution is 6.06. The largest absolute Gasteiger partial charge is 0.478 e. The van der Waals surface area contributed by atoms with Crippen molar-refractivity contribution in [2.24, 2.45) is 0 Å². The van der Waals surface area contributed by atoms with Crippen LogP contribution in [-0.4, -0.2) is 28.8 Å². The summed E-state index contributed by atoms with van der Waals surface area (Å²) < 4.78 is 7.51. The van der Waals surface area contributed by atoms with Crippen LogP contribution in [0.4, 0.5) is 5.69 Å². The first-order chi connectivity index (χ1) is 11.1. The molecule has 2 aromatic rings.